The van der Waals surface area contributed by atoms with E-state index in [9.17, 15) is 8.42 Å². The van der Waals surface area contributed by atoms with Gasteiger partial charge in [-0.05, 0) is 13.0 Å². The molecule has 0 aromatic heterocycles. The Labute approximate surface area is 124 Å². The highest BCUT2D eigenvalue weighted by molar-refractivity contribution is 7.89. The van der Waals surface area contributed by atoms with Crippen molar-refractivity contribution in [2.24, 2.45) is 0 Å². The van der Waals surface area contributed by atoms with Gasteiger partial charge in [0.1, 0.15) is 16.4 Å². The second-order valence-corrected chi connectivity index (χ2v) is 6.44. The van der Waals surface area contributed by atoms with Crippen LogP contribution in [-0.2, 0) is 10.0 Å². The Morgan fingerprint density at radius 3 is 2.38 bits per heavy atom. The van der Waals surface area contributed by atoms with Gasteiger partial charge >= 0.3 is 0 Å². The third kappa shape index (κ3) is 3.37. The van der Waals surface area contributed by atoms with Crippen molar-refractivity contribution in [3.8, 4) is 17.6 Å². The molecule has 2 N–H and O–H groups in total. The van der Waals surface area contributed by atoms with E-state index in [0.717, 1.165) is 4.31 Å². The molecule has 7 nitrogen and oxygen atoms in total. The van der Waals surface area contributed by atoms with Crippen molar-refractivity contribution in [3.63, 3.8) is 0 Å². The number of methoxy groups -OCH3 is 2. The van der Waals surface area contributed by atoms with Crippen LogP contribution in [-0.4, -0.2) is 40.0 Å². The topological polar surface area (TPSA) is 106 Å². The molecular formula is C13H19N3O4S. The first-order valence-corrected chi connectivity index (χ1v) is 7.60. The molecule has 0 fully saturated rings. The summed E-state index contributed by atoms with van der Waals surface area (Å²) in [4.78, 5) is -0.0596. The molecule has 0 spiro atoms. The van der Waals surface area contributed by atoms with Gasteiger partial charge in [-0.15, -0.1) is 0 Å². The number of nitriles is 1. The molecule has 1 aromatic carbocycles. The quantitative estimate of drug-likeness (QED) is 0.791. The zero-order chi connectivity index (χ0) is 16.2. The van der Waals surface area contributed by atoms with E-state index in [0.29, 0.717) is 5.75 Å². The lowest BCUT2D eigenvalue weighted by Gasteiger charge is -2.23. The first kappa shape index (κ1) is 17.1. The minimum Gasteiger partial charge on any atom is -0.495 e. The van der Waals surface area contributed by atoms with Gasteiger partial charge in [0.2, 0.25) is 10.0 Å². The van der Waals surface area contributed by atoms with Crippen molar-refractivity contribution in [3.05, 3.63) is 12.1 Å². The van der Waals surface area contributed by atoms with Gasteiger partial charge in [0.25, 0.3) is 0 Å². The Hall–Kier alpha value is -1.98. The fraction of sp³-hybridized carbons (Fsp3) is 0.462. The zero-order valence-electron chi connectivity index (χ0n) is 12.5. The van der Waals surface area contributed by atoms with E-state index in [1.807, 2.05) is 6.07 Å². The minimum atomic E-state index is -3.83. The Morgan fingerprint density at radius 2 is 1.90 bits per heavy atom. The number of nitrogens with two attached hydrogens (primary N) is 1. The molecule has 0 saturated carbocycles. The number of hydrogen-bond donors (Lipinski definition) is 1. The molecule has 0 radical (unpaired) electrons. The molecule has 0 bridgehead atoms. The molecule has 8 heteroatoms. The first-order valence-electron chi connectivity index (χ1n) is 6.16. The van der Waals surface area contributed by atoms with E-state index in [1.54, 1.807) is 6.92 Å². The van der Waals surface area contributed by atoms with E-state index in [1.165, 1.54) is 33.4 Å². The van der Waals surface area contributed by atoms with Crippen LogP contribution in [0.15, 0.2) is 17.0 Å². The van der Waals surface area contributed by atoms with E-state index in [-0.39, 0.29) is 22.8 Å². The van der Waals surface area contributed by atoms with Crippen LogP contribution in [0.25, 0.3) is 0 Å². The Kier molecular flexibility index (Phi) is 5.41. The van der Waals surface area contributed by atoms with Crippen molar-refractivity contribution in [2.75, 3.05) is 27.0 Å². The average molecular weight is 313 g/mol. The second-order valence-electron chi connectivity index (χ2n) is 4.48. The Morgan fingerprint density at radius 1 is 1.33 bits per heavy atom. The molecule has 0 aliphatic heterocycles. The van der Waals surface area contributed by atoms with Crippen LogP contribution in [0.4, 0.5) is 5.69 Å². The Balaban J connectivity index is 3.38. The first-order chi connectivity index (χ1) is 9.79. The number of hydrogen-bond acceptors (Lipinski definition) is 6. The van der Waals surface area contributed by atoms with Crippen molar-refractivity contribution < 1.29 is 17.9 Å². The summed E-state index contributed by atoms with van der Waals surface area (Å²) in [6.45, 7) is 1.65. The molecule has 0 aliphatic carbocycles. The number of benzene rings is 1. The van der Waals surface area contributed by atoms with Gasteiger partial charge in [-0.3, -0.25) is 0 Å². The number of rotatable bonds is 6. The fourth-order valence-electron chi connectivity index (χ4n) is 1.75. The normalized spacial score (nSPS) is 12.8. The lowest BCUT2D eigenvalue weighted by atomic mass is 10.3. The van der Waals surface area contributed by atoms with E-state index in [2.05, 4.69) is 0 Å². The zero-order valence-corrected chi connectivity index (χ0v) is 13.3. The highest BCUT2D eigenvalue weighted by Crippen LogP contribution is 2.35. The molecule has 1 atom stereocenters. The molecule has 0 amide bonds. The monoisotopic (exact) mass is 313 g/mol. The van der Waals surface area contributed by atoms with Crippen LogP contribution in [0.3, 0.4) is 0 Å². The van der Waals surface area contributed by atoms with Gasteiger partial charge < -0.3 is 15.2 Å². The molecule has 0 aliphatic rings. The summed E-state index contributed by atoms with van der Waals surface area (Å²) in [5.41, 5.74) is 5.96. The summed E-state index contributed by atoms with van der Waals surface area (Å²) in [5, 5.41) is 8.70. The van der Waals surface area contributed by atoms with E-state index >= 15 is 0 Å². The summed E-state index contributed by atoms with van der Waals surface area (Å²) in [7, 11) is 0.380. The van der Waals surface area contributed by atoms with Crippen molar-refractivity contribution in [2.45, 2.75) is 24.3 Å². The second kappa shape index (κ2) is 6.65. The average Bonchev–Trinajstić information content (AvgIpc) is 2.46. The van der Waals surface area contributed by atoms with Gasteiger partial charge in [-0.1, -0.05) is 0 Å². The molecular weight excluding hydrogens is 294 g/mol. The smallest absolute Gasteiger partial charge is 0.246 e. The van der Waals surface area contributed by atoms with Crippen molar-refractivity contribution in [1.82, 2.24) is 4.31 Å². The highest BCUT2D eigenvalue weighted by Gasteiger charge is 2.29. The third-order valence-corrected chi connectivity index (χ3v) is 5.17. The van der Waals surface area contributed by atoms with Crippen molar-refractivity contribution in [1.29, 1.82) is 5.26 Å². The SMILES string of the molecule is COc1cc(OC)c(S(=O)(=O)N(C)C(C)CC#N)cc1N. The van der Waals surface area contributed by atoms with Gasteiger partial charge in [-0.2, -0.15) is 9.57 Å². The maximum atomic E-state index is 12.6. The maximum Gasteiger partial charge on any atom is 0.246 e. The van der Waals surface area contributed by atoms with E-state index in [4.69, 9.17) is 20.5 Å². The van der Waals surface area contributed by atoms with E-state index < -0.39 is 16.1 Å². The van der Waals surface area contributed by atoms with Crippen LogP contribution in [0.5, 0.6) is 11.5 Å². The molecule has 116 valence electrons. The lowest BCUT2D eigenvalue weighted by molar-refractivity contribution is 0.374. The summed E-state index contributed by atoms with van der Waals surface area (Å²) in [6.07, 6.45) is 0.0870. The number of ether oxygens (including phenoxy) is 2. The maximum absolute atomic E-state index is 12.6. The predicted octanol–water partition coefficient (Wildman–Crippen LogP) is 1.21. The van der Waals surface area contributed by atoms with Crippen LogP contribution < -0.4 is 15.2 Å². The summed E-state index contributed by atoms with van der Waals surface area (Å²) >= 11 is 0. The molecule has 1 aromatic rings. The number of nitrogens with zero attached hydrogens (tertiary/aromatic N) is 2. The largest absolute Gasteiger partial charge is 0.495 e. The minimum absolute atomic E-state index is 0.0596. The summed E-state index contributed by atoms with van der Waals surface area (Å²) in [5.74, 6) is 0.468. The van der Waals surface area contributed by atoms with Crippen molar-refractivity contribution >= 4 is 15.7 Å². The lowest BCUT2D eigenvalue weighted by Crippen LogP contribution is -2.35. The predicted molar refractivity (Wildman–Crippen MR) is 78.6 cm³/mol. The summed E-state index contributed by atoms with van der Waals surface area (Å²) < 4.78 is 36.5. The third-order valence-electron chi connectivity index (χ3n) is 3.18. The van der Waals surface area contributed by atoms with Crippen LogP contribution >= 0.6 is 0 Å². The van der Waals surface area contributed by atoms with Gasteiger partial charge in [-0.25, -0.2) is 8.42 Å². The Bertz CT molecular complexity index is 652. The molecule has 0 heterocycles. The van der Waals surface area contributed by atoms with Crippen LogP contribution in [0, 0.1) is 11.3 Å². The van der Waals surface area contributed by atoms with Gasteiger partial charge in [0.05, 0.1) is 32.4 Å². The molecule has 1 unspecified atom stereocenters. The molecule has 0 saturated heterocycles. The number of anilines is 1. The highest BCUT2D eigenvalue weighted by atomic mass is 32.2. The van der Waals surface area contributed by atoms with Gasteiger partial charge in [0, 0.05) is 19.2 Å². The summed E-state index contributed by atoms with van der Waals surface area (Å²) in [6, 6.07) is 4.20. The molecule has 21 heavy (non-hydrogen) atoms. The van der Waals surface area contributed by atoms with Crippen LogP contribution in [0.2, 0.25) is 0 Å². The molecule has 1 rings (SSSR count). The standard InChI is InChI=1S/C13H19N3O4S/c1-9(5-6-14)16(2)21(17,18)13-7-10(15)11(19-3)8-12(13)20-4/h7-9H,5,15H2,1-4H3. The van der Waals surface area contributed by atoms with Gasteiger partial charge in [0.15, 0.2) is 0 Å². The number of sulfonamides is 1. The number of nitrogen functional groups attached to an aromatic ring is 1. The van der Waals surface area contributed by atoms with Crippen LogP contribution in [0.1, 0.15) is 13.3 Å². The fourth-order valence-corrected chi connectivity index (χ4v) is 3.28.